The molecule has 1 aliphatic rings. The Morgan fingerprint density at radius 3 is 2.08 bits per heavy atom. The minimum atomic E-state index is -0.148. The fourth-order valence-corrected chi connectivity index (χ4v) is 1.71. The van der Waals surface area contributed by atoms with Crippen molar-refractivity contribution in [3.05, 3.63) is 24.3 Å². The Bertz CT molecular complexity index is 257. The maximum absolute atomic E-state index is 6.17. The lowest BCUT2D eigenvalue weighted by atomic mass is 9.83. The largest absolute Gasteiger partial charge is 0.321 e. The van der Waals surface area contributed by atoms with Crippen LogP contribution < -0.4 is 5.73 Å². The summed E-state index contributed by atoms with van der Waals surface area (Å²) >= 11 is 0. The van der Waals surface area contributed by atoms with Gasteiger partial charge < -0.3 is 5.73 Å². The minimum absolute atomic E-state index is 0.148. The van der Waals surface area contributed by atoms with Gasteiger partial charge in [0.05, 0.1) is 0 Å². The summed E-state index contributed by atoms with van der Waals surface area (Å²) in [5, 5.41) is 0. The van der Waals surface area contributed by atoms with E-state index in [4.69, 9.17) is 5.73 Å². The predicted molar refractivity (Wildman–Crippen MR) is 58.4 cm³/mol. The van der Waals surface area contributed by atoms with Crippen molar-refractivity contribution in [1.82, 2.24) is 0 Å². The average Bonchev–Trinajstić information content (AvgIpc) is 2.60. The number of rotatable bonds is 2. The van der Waals surface area contributed by atoms with Gasteiger partial charge in [-0.2, -0.15) is 0 Å². The molecule has 74 valence electrons. The van der Waals surface area contributed by atoms with Crippen LogP contribution >= 0.6 is 0 Å². The van der Waals surface area contributed by atoms with Crippen LogP contribution in [0.5, 0.6) is 0 Å². The lowest BCUT2D eigenvalue weighted by molar-refractivity contribution is 0.466. The summed E-state index contributed by atoms with van der Waals surface area (Å²) in [6, 6.07) is 0. The molecule has 2 unspecified atom stereocenters. The Labute approximate surface area is 81.7 Å². The van der Waals surface area contributed by atoms with Gasteiger partial charge >= 0.3 is 0 Å². The summed E-state index contributed by atoms with van der Waals surface area (Å²) < 4.78 is 0. The van der Waals surface area contributed by atoms with Crippen LogP contribution in [0.2, 0.25) is 0 Å². The van der Waals surface area contributed by atoms with Gasteiger partial charge in [-0.25, -0.2) is 0 Å². The second-order valence-corrected chi connectivity index (χ2v) is 5.35. The maximum atomic E-state index is 6.17. The number of hydrogen-bond donors (Lipinski definition) is 1. The Kier molecular flexibility index (Phi) is 2.20. The van der Waals surface area contributed by atoms with Crippen LogP contribution in [0.25, 0.3) is 0 Å². The first-order valence-electron chi connectivity index (χ1n) is 4.83. The highest BCUT2D eigenvalue weighted by molar-refractivity contribution is 5.36. The van der Waals surface area contributed by atoms with E-state index in [1.165, 1.54) is 5.57 Å². The van der Waals surface area contributed by atoms with E-state index in [-0.39, 0.29) is 11.0 Å². The van der Waals surface area contributed by atoms with E-state index < -0.39 is 0 Å². The van der Waals surface area contributed by atoms with Gasteiger partial charge in [0, 0.05) is 11.5 Å². The van der Waals surface area contributed by atoms with Crippen molar-refractivity contribution in [2.45, 2.75) is 39.7 Å². The van der Waals surface area contributed by atoms with Crippen molar-refractivity contribution in [2.75, 3.05) is 0 Å². The zero-order valence-corrected chi connectivity index (χ0v) is 9.28. The first-order chi connectivity index (χ1) is 5.69. The third-order valence-electron chi connectivity index (χ3n) is 3.18. The molecule has 1 nitrogen and oxygen atoms in total. The minimum Gasteiger partial charge on any atom is -0.321 e. The molecule has 0 spiro atoms. The Morgan fingerprint density at radius 2 is 1.85 bits per heavy atom. The highest BCUT2D eigenvalue weighted by Crippen LogP contribution is 2.53. The first kappa shape index (κ1) is 10.5. The van der Waals surface area contributed by atoms with Crippen LogP contribution in [0, 0.1) is 11.3 Å². The molecule has 0 amide bonds. The molecule has 0 aromatic carbocycles. The van der Waals surface area contributed by atoms with Crippen molar-refractivity contribution < 1.29 is 0 Å². The molecule has 13 heavy (non-hydrogen) atoms. The van der Waals surface area contributed by atoms with Gasteiger partial charge in [-0.1, -0.05) is 45.1 Å². The highest BCUT2D eigenvalue weighted by Gasteiger charge is 2.54. The summed E-state index contributed by atoms with van der Waals surface area (Å²) in [5.41, 5.74) is 8.54. The van der Waals surface area contributed by atoms with Crippen molar-refractivity contribution >= 4 is 0 Å². The molecule has 0 bridgehead atoms. The van der Waals surface area contributed by atoms with Gasteiger partial charge in [0.1, 0.15) is 0 Å². The van der Waals surface area contributed by atoms with Crippen LogP contribution in [-0.4, -0.2) is 5.54 Å². The summed E-state index contributed by atoms with van der Waals surface area (Å²) in [6.07, 6.45) is 1.03. The fraction of sp³-hybridized carbons (Fsp3) is 0.667. The number of hydrogen-bond acceptors (Lipinski definition) is 1. The first-order valence-corrected chi connectivity index (χ1v) is 4.83. The molecule has 2 N–H and O–H groups in total. The van der Waals surface area contributed by atoms with Gasteiger partial charge in [0.15, 0.2) is 0 Å². The third kappa shape index (κ3) is 1.71. The zero-order valence-electron chi connectivity index (χ0n) is 9.28. The summed E-state index contributed by atoms with van der Waals surface area (Å²) in [6.45, 7) is 16.7. The summed E-state index contributed by atoms with van der Waals surface area (Å²) in [4.78, 5) is 0. The topological polar surface area (TPSA) is 26.0 Å². The lowest BCUT2D eigenvalue weighted by Crippen LogP contribution is -2.28. The fourth-order valence-electron chi connectivity index (χ4n) is 1.71. The normalized spacial score (nSPS) is 32.8. The maximum Gasteiger partial charge on any atom is 0.0437 e. The van der Waals surface area contributed by atoms with Gasteiger partial charge in [-0.3, -0.25) is 0 Å². The lowest BCUT2D eigenvalue weighted by Gasteiger charge is -2.24. The number of nitrogens with two attached hydrogens (primary N) is 1. The van der Waals surface area contributed by atoms with E-state index in [2.05, 4.69) is 33.9 Å². The molecule has 0 saturated heterocycles. The van der Waals surface area contributed by atoms with E-state index >= 15 is 0 Å². The monoisotopic (exact) mass is 179 g/mol. The summed E-state index contributed by atoms with van der Waals surface area (Å²) in [5.74, 6) is 0.449. The van der Waals surface area contributed by atoms with E-state index in [1.54, 1.807) is 0 Å². The van der Waals surface area contributed by atoms with Crippen LogP contribution in [-0.2, 0) is 0 Å². The Balaban J connectivity index is 2.72. The van der Waals surface area contributed by atoms with Crippen molar-refractivity contribution in [3.8, 4) is 0 Å². The molecule has 0 heterocycles. The molecular weight excluding hydrogens is 158 g/mol. The van der Waals surface area contributed by atoms with Crippen LogP contribution in [0.15, 0.2) is 24.3 Å². The highest BCUT2D eigenvalue weighted by atomic mass is 14.9. The Morgan fingerprint density at radius 1 is 1.38 bits per heavy atom. The van der Waals surface area contributed by atoms with Gasteiger partial charge in [-0.05, 0) is 18.8 Å². The van der Waals surface area contributed by atoms with Crippen LogP contribution in [0.4, 0.5) is 0 Å². The molecule has 0 aromatic heterocycles. The van der Waals surface area contributed by atoms with Crippen LogP contribution in [0.1, 0.15) is 34.1 Å². The molecule has 1 saturated carbocycles. The average molecular weight is 179 g/mol. The van der Waals surface area contributed by atoms with Crippen molar-refractivity contribution in [1.29, 1.82) is 0 Å². The quantitative estimate of drug-likeness (QED) is 0.648. The van der Waals surface area contributed by atoms with Crippen molar-refractivity contribution in [2.24, 2.45) is 17.1 Å². The van der Waals surface area contributed by atoms with Gasteiger partial charge in [0.2, 0.25) is 0 Å². The van der Waals surface area contributed by atoms with E-state index in [1.807, 2.05) is 6.92 Å². The zero-order chi connectivity index (χ0) is 10.4. The van der Waals surface area contributed by atoms with E-state index in [9.17, 15) is 0 Å². The van der Waals surface area contributed by atoms with E-state index in [0.29, 0.717) is 5.92 Å². The van der Waals surface area contributed by atoms with Crippen molar-refractivity contribution in [3.63, 3.8) is 0 Å². The van der Waals surface area contributed by atoms with E-state index in [0.717, 1.165) is 12.0 Å². The molecule has 1 fully saturated rings. The standard InChI is InChI=1S/C12H21N/c1-8(2)12(13)7-10(12)9(3)11(4,5)6/h10H,1,3,7,13H2,2,4-6H3. The van der Waals surface area contributed by atoms with Crippen LogP contribution in [0.3, 0.4) is 0 Å². The molecule has 1 heteroatoms. The second kappa shape index (κ2) is 2.71. The molecule has 0 radical (unpaired) electrons. The molecule has 1 rings (SSSR count). The molecule has 1 aliphatic carbocycles. The molecular formula is C12H21N. The van der Waals surface area contributed by atoms with Gasteiger partial charge in [0.25, 0.3) is 0 Å². The molecule has 0 aromatic rings. The predicted octanol–water partition coefficient (Wildman–Crippen LogP) is 2.88. The second-order valence-electron chi connectivity index (χ2n) is 5.35. The molecule has 2 atom stereocenters. The Hall–Kier alpha value is -0.560. The SMILES string of the molecule is C=C(C1CC1(N)C(=C)C)C(C)(C)C. The summed E-state index contributed by atoms with van der Waals surface area (Å²) in [7, 11) is 0. The molecule has 0 aliphatic heterocycles. The third-order valence-corrected chi connectivity index (χ3v) is 3.18. The van der Waals surface area contributed by atoms with Gasteiger partial charge in [-0.15, -0.1) is 0 Å². The smallest absolute Gasteiger partial charge is 0.0437 e.